The molecule has 7 nitrogen and oxygen atoms in total. The van der Waals surface area contributed by atoms with E-state index in [4.69, 9.17) is 0 Å². The summed E-state index contributed by atoms with van der Waals surface area (Å²) in [5.74, 6) is -1.85. The summed E-state index contributed by atoms with van der Waals surface area (Å²) in [5.41, 5.74) is 2.03. The molecule has 204 valence electrons. The van der Waals surface area contributed by atoms with Gasteiger partial charge < -0.3 is 20.0 Å². The van der Waals surface area contributed by atoms with Crippen LogP contribution in [0.4, 0.5) is 20.2 Å². The number of rotatable bonds is 7. The summed E-state index contributed by atoms with van der Waals surface area (Å²) in [6.45, 7) is 6.85. The van der Waals surface area contributed by atoms with Gasteiger partial charge in [0.05, 0.1) is 5.56 Å². The van der Waals surface area contributed by atoms with Crippen molar-refractivity contribution in [3.05, 3.63) is 95.1 Å². The lowest BCUT2D eigenvalue weighted by molar-refractivity contribution is 0.0760. The van der Waals surface area contributed by atoms with Crippen molar-refractivity contribution in [2.24, 2.45) is 0 Å². The Balaban J connectivity index is 1.58. The Morgan fingerprint density at radius 2 is 1.49 bits per heavy atom. The van der Waals surface area contributed by atoms with Crippen LogP contribution in [0.3, 0.4) is 0 Å². The zero-order valence-corrected chi connectivity index (χ0v) is 22.1. The topological polar surface area (TPSA) is 73.0 Å². The predicted molar refractivity (Wildman–Crippen MR) is 147 cm³/mol. The van der Waals surface area contributed by atoms with E-state index >= 15 is 0 Å². The normalized spacial score (nSPS) is 13.5. The van der Waals surface area contributed by atoms with Crippen LogP contribution < -0.4 is 10.2 Å². The maximum atomic E-state index is 13.7. The molecule has 1 N–H and O–H groups in total. The lowest BCUT2D eigenvalue weighted by Gasteiger charge is -2.28. The molecule has 0 radical (unpaired) electrons. The lowest BCUT2D eigenvalue weighted by atomic mass is 10.1. The van der Waals surface area contributed by atoms with Crippen LogP contribution in [-0.4, -0.2) is 66.8 Å². The number of benzene rings is 3. The van der Waals surface area contributed by atoms with Gasteiger partial charge in [-0.15, -0.1) is 0 Å². The van der Waals surface area contributed by atoms with Crippen LogP contribution >= 0.6 is 0 Å². The summed E-state index contributed by atoms with van der Waals surface area (Å²) in [4.78, 5) is 44.7. The number of anilines is 2. The molecular weight excluding hydrogens is 502 g/mol. The fraction of sp³-hybridized carbons (Fsp3) is 0.300. The molecule has 39 heavy (non-hydrogen) atoms. The lowest BCUT2D eigenvalue weighted by Crippen LogP contribution is -2.36. The second-order valence-electron chi connectivity index (χ2n) is 9.32. The summed E-state index contributed by atoms with van der Waals surface area (Å²) in [6, 6.07) is 16.2. The van der Waals surface area contributed by atoms with Gasteiger partial charge in [-0.1, -0.05) is 12.1 Å². The van der Waals surface area contributed by atoms with Crippen LogP contribution in [0.5, 0.6) is 0 Å². The molecule has 0 saturated carbocycles. The third-order valence-corrected chi connectivity index (χ3v) is 6.82. The molecule has 9 heteroatoms. The molecule has 1 aliphatic heterocycles. The van der Waals surface area contributed by atoms with Crippen molar-refractivity contribution < 1.29 is 23.2 Å². The molecule has 0 spiro atoms. The van der Waals surface area contributed by atoms with E-state index in [2.05, 4.69) is 10.2 Å². The number of hydrogen-bond donors (Lipinski definition) is 1. The maximum absolute atomic E-state index is 13.7. The first-order chi connectivity index (χ1) is 18.8. The highest BCUT2D eigenvalue weighted by atomic mass is 19.1. The van der Waals surface area contributed by atoms with E-state index in [-0.39, 0.29) is 17.4 Å². The zero-order chi connectivity index (χ0) is 27.9. The number of amides is 3. The largest absolute Gasteiger partial charge is 0.369 e. The number of hydrogen-bond acceptors (Lipinski definition) is 4. The second kappa shape index (κ2) is 12.5. The van der Waals surface area contributed by atoms with Gasteiger partial charge in [-0.2, -0.15) is 0 Å². The van der Waals surface area contributed by atoms with Crippen molar-refractivity contribution >= 4 is 29.1 Å². The number of halogens is 2. The highest BCUT2D eigenvalue weighted by Gasteiger charge is 2.25. The fourth-order valence-electron chi connectivity index (χ4n) is 4.74. The zero-order valence-electron chi connectivity index (χ0n) is 22.1. The predicted octanol–water partition coefficient (Wildman–Crippen LogP) is 5.05. The molecule has 4 rings (SSSR count). The van der Waals surface area contributed by atoms with Crippen molar-refractivity contribution in [3.63, 3.8) is 0 Å². The fourth-order valence-corrected chi connectivity index (χ4v) is 4.74. The Kier molecular flexibility index (Phi) is 8.91. The Hall–Kier alpha value is -4.27. The van der Waals surface area contributed by atoms with Crippen molar-refractivity contribution in [1.82, 2.24) is 9.80 Å². The smallest absolute Gasteiger partial charge is 0.256 e. The van der Waals surface area contributed by atoms with Crippen LogP contribution in [0.1, 0.15) is 51.3 Å². The number of nitrogens with one attached hydrogen (secondary N) is 1. The maximum Gasteiger partial charge on any atom is 0.256 e. The van der Waals surface area contributed by atoms with Gasteiger partial charge in [0.1, 0.15) is 11.6 Å². The van der Waals surface area contributed by atoms with Crippen LogP contribution in [-0.2, 0) is 0 Å². The van der Waals surface area contributed by atoms with Gasteiger partial charge in [0, 0.05) is 61.8 Å². The van der Waals surface area contributed by atoms with Crippen molar-refractivity contribution in [2.45, 2.75) is 20.3 Å². The minimum atomic E-state index is -0.513. The number of carbonyl (C=O) groups is 3. The van der Waals surface area contributed by atoms with Crippen LogP contribution in [0.25, 0.3) is 0 Å². The average Bonchev–Trinajstić information content (AvgIpc) is 3.19. The van der Waals surface area contributed by atoms with Gasteiger partial charge >= 0.3 is 0 Å². The Bertz CT molecular complexity index is 1360. The van der Waals surface area contributed by atoms with Crippen molar-refractivity contribution in [2.75, 3.05) is 49.5 Å². The summed E-state index contributed by atoms with van der Waals surface area (Å²) >= 11 is 0. The Morgan fingerprint density at radius 1 is 0.821 bits per heavy atom. The summed E-state index contributed by atoms with van der Waals surface area (Å²) < 4.78 is 27.3. The molecule has 0 bridgehead atoms. The van der Waals surface area contributed by atoms with Gasteiger partial charge in [0.25, 0.3) is 17.7 Å². The van der Waals surface area contributed by atoms with E-state index in [1.807, 2.05) is 13.8 Å². The Morgan fingerprint density at radius 3 is 2.15 bits per heavy atom. The molecule has 1 saturated heterocycles. The van der Waals surface area contributed by atoms with Gasteiger partial charge in [-0.05, 0) is 74.9 Å². The van der Waals surface area contributed by atoms with Gasteiger partial charge in [-0.3, -0.25) is 14.4 Å². The van der Waals surface area contributed by atoms with E-state index in [1.165, 1.54) is 36.4 Å². The third-order valence-electron chi connectivity index (χ3n) is 6.82. The minimum absolute atomic E-state index is 0.172. The number of carbonyl (C=O) groups excluding carboxylic acids is 3. The first-order valence-electron chi connectivity index (χ1n) is 13.1. The number of nitrogens with zero attached hydrogens (tertiary/aromatic N) is 3. The summed E-state index contributed by atoms with van der Waals surface area (Å²) in [6.07, 6.45) is 0.665. The monoisotopic (exact) mass is 534 g/mol. The van der Waals surface area contributed by atoms with E-state index < -0.39 is 17.5 Å². The molecule has 1 heterocycles. The van der Waals surface area contributed by atoms with E-state index in [0.29, 0.717) is 68.2 Å². The highest BCUT2D eigenvalue weighted by Crippen LogP contribution is 2.28. The van der Waals surface area contributed by atoms with Crippen LogP contribution in [0, 0.1) is 11.6 Å². The highest BCUT2D eigenvalue weighted by molar-refractivity contribution is 6.06. The molecule has 0 atom stereocenters. The third kappa shape index (κ3) is 6.60. The van der Waals surface area contributed by atoms with Crippen LogP contribution in [0.2, 0.25) is 0 Å². The van der Waals surface area contributed by atoms with Crippen molar-refractivity contribution in [3.8, 4) is 0 Å². The van der Waals surface area contributed by atoms with Crippen LogP contribution in [0.15, 0.2) is 66.7 Å². The standard InChI is InChI=1S/C30H32F2N4O3/c1-3-34(4-2)30(39)26-20-25(33-28(37)21-8-5-10-23(31)18-21)12-13-27(26)35-14-7-15-36(17-16-35)29(38)22-9-6-11-24(32)19-22/h5-6,8-13,18-20H,3-4,7,14-17H2,1-2H3,(H,33,37). The molecular formula is C30H32F2N4O3. The molecule has 3 aromatic carbocycles. The Labute approximate surface area is 227 Å². The van der Waals surface area contributed by atoms with Gasteiger partial charge in [0.2, 0.25) is 0 Å². The minimum Gasteiger partial charge on any atom is -0.369 e. The molecule has 3 aromatic rings. The SMILES string of the molecule is CCN(CC)C(=O)c1cc(NC(=O)c2cccc(F)c2)ccc1N1CCCN(C(=O)c2cccc(F)c2)CC1. The van der Waals surface area contributed by atoms with E-state index in [9.17, 15) is 23.2 Å². The molecule has 1 aliphatic rings. The van der Waals surface area contributed by atoms with E-state index in [1.54, 1.807) is 34.1 Å². The molecule has 0 unspecified atom stereocenters. The summed E-state index contributed by atoms with van der Waals surface area (Å²) in [5, 5.41) is 2.76. The average molecular weight is 535 g/mol. The molecule has 1 fully saturated rings. The molecule has 0 aromatic heterocycles. The quantitative estimate of drug-likeness (QED) is 0.461. The first-order valence-corrected chi connectivity index (χ1v) is 13.1. The second-order valence-corrected chi connectivity index (χ2v) is 9.32. The van der Waals surface area contributed by atoms with Crippen molar-refractivity contribution in [1.29, 1.82) is 0 Å². The van der Waals surface area contributed by atoms with Gasteiger partial charge in [0.15, 0.2) is 0 Å². The molecule has 0 aliphatic carbocycles. The van der Waals surface area contributed by atoms with E-state index in [0.717, 1.165) is 6.07 Å². The first kappa shape index (κ1) is 27.8. The molecule has 3 amide bonds. The summed E-state index contributed by atoms with van der Waals surface area (Å²) in [7, 11) is 0. The van der Waals surface area contributed by atoms with Gasteiger partial charge in [-0.25, -0.2) is 8.78 Å².